The molecule has 3 aromatic rings. The Labute approximate surface area is 153 Å². The van der Waals surface area contributed by atoms with Crippen LogP contribution in [0.2, 0.25) is 0 Å². The molecule has 0 saturated heterocycles. The van der Waals surface area contributed by atoms with Crippen molar-refractivity contribution in [2.24, 2.45) is 0 Å². The molecule has 136 valence electrons. The minimum absolute atomic E-state index is 0.170. The molecule has 0 bridgehead atoms. The fourth-order valence-electron chi connectivity index (χ4n) is 2.70. The molecular weight excluding hydrogens is 350 g/mol. The summed E-state index contributed by atoms with van der Waals surface area (Å²) in [5, 5.41) is 1.38. The van der Waals surface area contributed by atoms with E-state index in [4.69, 9.17) is 4.74 Å². The number of rotatable bonds is 6. The molecule has 3 rings (SSSR count). The number of hydrogen-bond donors (Lipinski definition) is 1. The molecule has 0 radical (unpaired) electrons. The van der Waals surface area contributed by atoms with Gasteiger partial charge < -0.3 is 9.64 Å². The van der Waals surface area contributed by atoms with Gasteiger partial charge in [-0.25, -0.2) is 18.1 Å². The van der Waals surface area contributed by atoms with Gasteiger partial charge in [-0.2, -0.15) is 0 Å². The van der Waals surface area contributed by atoms with E-state index in [0.717, 1.165) is 16.8 Å². The Morgan fingerprint density at radius 1 is 1.04 bits per heavy atom. The SMILES string of the molecule is COc1ccc(S(=O)(=O)NCc2ccc(N(C)C)nc2)c2ccccc12. The van der Waals surface area contributed by atoms with Gasteiger partial charge in [0.1, 0.15) is 11.6 Å². The van der Waals surface area contributed by atoms with E-state index < -0.39 is 10.0 Å². The van der Waals surface area contributed by atoms with Gasteiger partial charge in [-0.1, -0.05) is 30.3 Å². The molecule has 0 amide bonds. The van der Waals surface area contributed by atoms with Crippen LogP contribution in [0.15, 0.2) is 59.6 Å². The monoisotopic (exact) mass is 371 g/mol. The second-order valence-corrected chi connectivity index (χ2v) is 7.79. The lowest BCUT2D eigenvalue weighted by atomic mass is 10.1. The first-order valence-corrected chi connectivity index (χ1v) is 9.58. The number of methoxy groups -OCH3 is 1. The van der Waals surface area contributed by atoms with Crippen LogP contribution in [0.4, 0.5) is 5.82 Å². The van der Waals surface area contributed by atoms with E-state index in [2.05, 4.69) is 9.71 Å². The summed E-state index contributed by atoms with van der Waals surface area (Å²) in [4.78, 5) is 6.41. The maximum atomic E-state index is 12.8. The standard InChI is InChI=1S/C19H21N3O3S/c1-22(2)19-11-8-14(12-20-19)13-21-26(23,24)18-10-9-17(25-3)15-6-4-5-7-16(15)18/h4-12,21H,13H2,1-3H3. The van der Waals surface area contributed by atoms with Crippen molar-refractivity contribution in [2.75, 3.05) is 26.1 Å². The zero-order chi connectivity index (χ0) is 18.7. The number of ether oxygens (including phenoxy) is 1. The van der Waals surface area contributed by atoms with Gasteiger partial charge in [0, 0.05) is 37.6 Å². The predicted molar refractivity (Wildman–Crippen MR) is 103 cm³/mol. The zero-order valence-corrected chi connectivity index (χ0v) is 15.7. The van der Waals surface area contributed by atoms with Crippen LogP contribution in [0, 0.1) is 0 Å². The summed E-state index contributed by atoms with van der Waals surface area (Å²) in [5.74, 6) is 1.46. The van der Waals surface area contributed by atoms with Crippen LogP contribution >= 0.6 is 0 Å². The molecule has 26 heavy (non-hydrogen) atoms. The van der Waals surface area contributed by atoms with E-state index in [9.17, 15) is 8.42 Å². The summed E-state index contributed by atoms with van der Waals surface area (Å²) < 4.78 is 33.6. The molecule has 0 atom stereocenters. The Morgan fingerprint density at radius 3 is 2.38 bits per heavy atom. The molecule has 0 spiro atoms. The van der Waals surface area contributed by atoms with E-state index in [1.54, 1.807) is 31.5 Å². The summed E-state index contributed by atoms with van der Waals surface area (Å²) in [7, 11) is 1.69. The predicted octanol–water partition coefficient (Wildman–Crippen LogP) is 2.79. The minimum Gasteiger partial charge on any atom is -0.496 e. The average molecular weight is 371 g/mol. The molecule has 2 aromatic carbocycles. The molecule has 1 aromatic heterocycles. The number of hydrogen-bond acceptors (Lipinski definition) is 5. The average Bonchev–Trinajstić information content (AvgIpc) is 2.65. The Bertz CT molecular complexity index is 1020. The van der Waals surface area contributed by atoms with Crippen LogP contribution in [-0.4, -0.2) is 34.6 Å². The third kappa shape index (κ3) is 3.63. The summed E-state index contributed by atoms with van der Waals surface area (Å²) in [6.07, 6.45) is 1.67. The van der Waals surface area contributed by atoms with E-state index >= 15 is 0 Å². The van der Waals surface area contributed by atoms with Gasteiger partial charge >= 0.3 is 0 Å². The molecule has 1 heterocycles. The van der Waals surface area contributed by atoms with Crippen LogP contribution in [0.5, 0.6) is 5.75 Å². The Hall–Kier alpha value is -2.64. The molecule has 0 aliphatic carbocycles. The molecule has 0 fully saturated rings. The molecule has 0 aliphatic rings. The zero-order valence-electron chi connectivity index (χ0n) is 14.9. The van der Waals surface area contributed by atoms with Crippen molar-refractivity contribution in [3.63, 3.8) is 0 Å². The van der Waals surface area contributed by atoms with E-state index in [-0.39, 0.29) is 11.4 Å². The van der Waals surface area contributed by atoms with Gasteiger partial charge in [0.05, 0.1) is 12.0 Å². The van der Waals surface area contributed by atoms with Gasteiger partial charge in [-0.05, 0) is 23.8 Å². The molecule has 0 saturated carbocycles. The number of sulfonamides is 1. The van der Waals surface area contributed by atoms with E-state index in [1.165, 1.54) is 0 Å². The molecule has 0 aliphatic heterocycles. The first-order chi connectivity index (χ1) is 12.4. The number of aromatic nitrogens is 1. The van der Waals surface area contributed by atoms with Crippen LogP contribution in [-0.2, 0) is 16.6 Å². The summed E-state index contributed by atoms with van der Waals surface area (Å²) in [6.45, 7) is 0.170. The fraction of sp³-hybridized carbons (Fsp3) is 0.211. The maximum absolute atomic E-state index is 12.8. The van der Waals surface area contributed by atoms with Crippen LogP contribution < -0.4 is 14.4 Å². The van der Waals surface area contributed by atoms with Crippen LogP contribution in [0.3, 0.4) is 0 Å². The molecule has 0 unspecified atom stereocenters. The van der Waals surface area contributed by atoms with Crippen molar-refractivity contribution in [2.45, 2.75) is 11.4 Å². The molecule has 1 N–H and O–H groups in total. The number of anilines is 1. The summed E-state index contributed by atoms with van der Waals surface area (Å²) >= 11 is 0. The molecular formula is C19H21N3O3S. The fourth-order valence-corrected chi connectivity index (χ4v) is 3.92. The van der Waals surface area contributed by atoms with Crippen molar-refractivity contribution >= 4 is 26.6 Å². The lowest BCUT2D eigenvalue weighted by molar-refractivity contribution is 0.419. The van der Waals surface area contributed by atoms with Gasteiger partial charge in [-0.3, -0.25) is 0 Å². The second-order valence-electron chi connectivity index (χ2n) is 6.06. The van der Waals surface area contributed by atoms with Crippen molar-refractivity contribution in [1.29, 1.82) is 0 Å². The van der Waals surface area contributed by atoms with Crippen molar-refractivity contribution < 1.29 is 13.2 Å². The highest BCUT2D eigenvalue weighted by Crippen LogP contribution is 2.30. The quantitative estimate of drug-likeness (QED) is 0.721. The highest BCUT2D eigenvalue weighted by Gasteiger charge is 2.18. The Kier molecular flexibility index (Phi) is 5.11. The Balaban J connectivity index is 1.88. The first kappa shape index (κ1) is 18.2. The third-order valence-corrected chi connectivity index (χ3v) is 5.55. The second kappa shape index (κ2) is 7.31. The molecule has 7 heteroatoms. The third-order valence-electron chi connectivity index (χ3n) is 4.09. The van der Waals surface area contributed by atoms with Crippen molar-refractivity contribution in [3.8, 4) is 5.75 Å². The van der Waals surface area contributed by atoms with Crippen LogP contribution in [0.1, 0.15) is 5.56 Å². The highest BCUT2D eigenvalue weighted by molar-refractivity contribution is 7.89. The maximum Gasteiger partial charge on any atom is 0.241 e. The largest absolute Gasteiger partial charge is 0.496 e. The minimum atomic E-state index is -3.68. The Morgan fingerprint density at radius 2 is 1.77 bits per heavy atom. The topological polar surface area (TPSA) is 71.5 Å². The molecule has 6 nitrogen and oxygen atoms in total. The normalized spacial score (nSPS) is 11.5. The lowest BCUT2D eigenvalue weighted by Gasteiger charge is -2.13. The van der Waals surface area contributed by atoms with Gasteiger partial charge in [0.15, 0.2) is 0 Å². The summed E-state index contributed by atoms with van der Waals surface area (Å²) in [6, 6.07) is 14.2. The van der Waals surface area contributed by atoms with Gasteiger partial charge in [0.25, 0.3) is 0 Å². The lowest BCUT2D eigenvalue weighted by Crippen LogP contribution is -2.23. The number of pyridine rings is 1. The smallest absolute Gasteiger partial charge is 0.241 e. The van der Waals surface area contributed by atoms with Crippen molar-refractivity contribution in [1.82, 2.24) is 9.71 Å². The summed E-state index contributed by atoms with van der Waals surface area (Å²) in [5.41, 5.74) is 0.789. The number of benzene rings is 2. The van der Waals surface area contributed by atoms with Gasteiger partial charge in [0.2, 0.25) is 10.0 Å². The van der Waals surface area contributed by atoms with Crippen LogP contribution in [0.25, 0.3) is 10.8 Å². The van der Waals surface area contributed by atoms with E-state index in [0.29, 0.717) is 11.1 Å². The van der Waals surface area contributed by atoms with Crippen molar-refractivity contribution in [3.05, 3.63) is 60.3 Å². The van der Waals surface area contributed by atoms with Gasteiger partial charge in [-0.15, -0.1) is 0 Å². The first-order valence-electron chi connectivity index (χ1n) is 8.10. The number of fused-ring (bicyclic) bond motifs is 1. The number of nitrogens with zero attached hydrogens (tertiary/aromatic N) is 2. The van der Waals surface area contributed by atoms with E-state index in [1.807, 2.05) is 49.3 Å². The highest BCUT2D eigenvalue weighted by atomic mass is 32.2. The number of nitrogens with one attached hydrogen (secondary N) is 1.